The first kappa shape index (κ1) is 10.2. The number of aryl methyl sites for hydroxylation is 2. The summed E-state index contributed by atoms with van der Waals surface area (Å²) >= 11 is 0. The molecular weight excluding hydrogens is 222 g/mol. The van der Waals surface area contributed by atoms with Crippen LogP contribution in [0, 0.1) is 6.92 Å². The molecule has 0 saturated heterocycles. The van der Waals surface area contributed by atoms with Gasteiger partial charge in [0.25, 0.3) is 0 Å². The van der Waals surface area contributed by atoms with E-state index in [-0.39, 0.29) is 5.54 Å². The predicted octanol–water partition coefficient (Wildman–Crippen LogP) is 1.41. The lowest BCUT2D eigenvalue weighted by molar-refractivity contribution is 0.685. The van der Waals surface area contributed by atoms with Crippen molar-refractivity contribution in [1.82, 2.24) is 9.97 Å². The highest BCUT2D eigenvalue weighted by atomic mass is 32.2. The molecule has 16 heavy (non-hydrogen) atoms. The van der Waals surface area contributed by atoms with E-state index in [1.54, 1.807) is 0 Å². The average Bonchev–Trinajstić information content (AvgIpc) is 2.80. The minimum absolute atomic E-state index is 0.168. The van der Waals surface area contributed by atoms with Crippen molar-refractivity contribution >= 4 is 16.6 Å². The Morgan fingerprint density at radius 1 is 1.38 bits per heavy atom. The Hall–Kier alpha value is -0.970. The van der Waals surface area contributed by atoms with E-state index in [9.17, 15) is 4.21 Å². The Kier molecular flexibility index (Phi) is 2.08. The van der Waals surface area contributed by atoms with Gasteiger partial charge >= 0.3 is 0 Å². The molecule has 1 aromatic rings. The first-order valence-electron chi connectivity index (χ1n) is 5.61. The molecule has 1 aliphatic heterocycles. The van der Waals surface area contributed by atoms with E-state index in [2.05, 4.69) is 22.2 Å². The molecule has 2 aliphatic rings. The molecule has 5 heteroatoms. The third-order valence-electron chi connectivity index (χ3n) is 3.22. The molecule has 3 rings (SSSR count). The number of aromatic nitrogens is 2. The monoisotopic (exact) mass is 237 g/mol. The van der Waals surface area contributed by atoms with E-state index in [0.717, 1.165) is 41.5 Å². The highest BCUT2D eigenvalue weighted by Gasteiger charge is 2.39. The van der Waals surface area contributed by atoms with Crippen molar-refractivity contribution in [2.45, 2.75) is 43.5 Å². The van der Waals surface area contributed by atoms with E-state index in [4.69, 9.17) is 0 Å². The summed E-state index contributed by atoms with van der Waals surface area (Å²) in [4.78, 5) is 9.62. The Morgan fingerprint density at radius 3 is 2.81 bits per heavy atom. The maximum atomic E-state index is 11.9. The van der Waals surface area contributed by atoms with Crippen LogP contribution in [-0.4, -0.2) is 25.5 Å². The molecule has 1 aliphatic carbocycles. The summed E-state index contributed by atoms with van der Waals surface area (Å²) in [6.07, 6.45) is 3.14. The van der Waals surface area contributed by atoms with Crippen LogP contribution in [-0.2, 0) is 17.2 Å². The van der Waals surface area contributed by atoms with Crippen LogP contribution in [0.25, 0.3) is 0 Å². The number of nitrogens with one attached hydrogen (secondary N) is 1. The standard InChI is InChI=1S/C11H15N3OS/c1-7-12-8-3-6-16(15)9(8)10(13-7)14-11(2)4-5-11/h3-6H2,1-2H3,(H,12,13,14). The summed E-state index contributed by atoms with van der Waals surface area (Å²) in [5, 5.41) is 3.42. The van der Waals surface area contributed by atoms with Crippen LogP contribution in [0.3, 0.4) is 0 Å². The van der Waals surface area contributed by atoms with Crippen LogP contribution < -0.4 is 5.32 Å². The lowest BCUT2D eigenvalue weighted by Gasteiger charge is -2.15. The van der Waals surface area contributed by atoms with Crippen LogP contribution >= 0.6 is 0 Å². The van der Waals surface area contributed by atoms with Gasteiger partial charge in [0.15, 0.2) is 0 Å². The molecule has 1 aromatic heterocycles. The van der Waals surface area contributed by atoms with E-state index in [1.807, 2.05) is 6.92 Å². The van der Waals surface area contributed by atoms with E-state index >= 15 is 0 Å². The van der Waals surface area contributed by atoms with Crippen LogP contribution in [0.4, 0.5) is 5.82 Å². The molecule has 2 heterocycles. The van der Waals surface area contributed by atoms with Crippen molar-refractivity contribution in [1.29, 1.82) is 0 Å². The molecule has 86 valence electrons. The van der Waals surface area contributed by atoms with Crippen molar-refractivity contribution in [3.05, 3.63) is 11.5 Å². The third-order valence-corrected chi connectivity index (χ3v) is 4.68. The molecular formula is C11H15N3OS. The van der Waals surface area contributed by atoms with Gasteiger partial charge in [0.1, 0.15) is 16.5 Å². The SMILES string of the molecule is Cc1nc2c(c(NC3(C)CC3)n1)S(=O)CC2. The van der Waals surface area contributed by atoms with Gasteiger partial charge in [0.05, 0.1) is 16.5 Å². The fraction of sp³-hybridized carbons (Fsp3) is 0.636. The van der Waals surface area contributed by atoms with Gasteiger partial charge in [0, 0.05) is 17.7 Å². The Morgan fingerprint density at radius 2 is 2.12 bits per heavy atom. The van der Waals surface area contributed by atoms with Crippen LogP contribution in [0.5, 0.6) is 0 Å². The second-order valence-corrected chi connectivity index (χ2v) is 6.39. The molecule has 0 spiro atoms. The lowest BCUT2D eigenvalue weighted by atomic mass is 10.3. The Labute approximate surface area is 97.3 Å². The largest absolute Gasteiger partial charge is 0.364 e. The van der Waals surface area contributed by atoms with Crippen molar-refractivity contribution in [2.75, 3.05) is 11.1 Å². The molecule has 0 aromatic carbocycles. The minimum atomic E-state index is -0.912. The molecule has 0 amide bonds. The van der Waals surface area contributed by atoms with Gasteiger partial charge in [0.2, 0.25) is 0 Å². The zero-order valence-corrected chi connectivity index (χ0v) is 10.4. The third kappa shape index (κ3) is 1.63. The molecule has 0 radical (unpaired) electrons. The number of hydrogen-bond acceptors (Lipinski definition) is 4. The molecule has 1 atom stereocenters. The second kappa shape index (κ2) is 3.26. The van der Waals surface area contributed by atoms with Crippen molar-refractivity contribution < 1.29 is 4.21 Å². The number of nitrogens with zero attached hydrogens (tertiary/aromatic N) is 2. The van der Waals surface area contributed by atoms with Gasteiger partial charge in [-0.05, 0) is 26.7 Å². The summed E-state index contributed by atoms with van der Waals surface area (Å²) in [5.41, 5.74) is 1.14. The van der Waals surface area contributed by atoms with E-state index in [1.165, 1.54) is 0 Å². The lowest BCUT2D eigenvalue weighted by Crippen LogP contribution is -2.19. The summed E-state index contributed by atoms with van der Waals surface area (Å²) in [5.74, 6) is 2.27. The molecule has 0 bridgehead atoms. The van der Waals surface area contributed by atoms with Gasteiger partial charge in [-0.15, -0.1) is 0 Å². The first-order valence-corrected chi connectivity index (χ1v) is 6.93. The average molecular weight is 237 g/mol. The van der Waals surface area contributed by atoms with Crippen molar-refractivity contribution in [3.63, 3.8) is 0 Å². The van der Waals surface area contributed by atoms with E-state index in [0.29, 0.717) is 5.75 Å². The predicted molar refractivity (Wildman–Crippen MR) is 63.0 cm³/mol. The highest BCUT2D eigenvalue weighted by molar-refractivity contribution is 7.85. The van der Waals surface area contributed by atoms with Crippen molar-refractivity contribution in [3.8, 4) is 0 Å². The highest BCUT2D eigenvalue weighted by Crippen LogP contribution is 2.40. The zero-order valence-electron chi connectivity index (χ0n) is 9.54. The number of fused-ring (bicyclic) bond motifs is 1. The van der Waals surface area contributed by atoms with Crippen LogP contribution in [0.2, 0.25) is 0 Å². The minimum Gasteiger partial charge on any atom is -0.364 e. The maximum absolute atomic E-state index is 11.9. The maximum Gasteiger partial charge on any atom is 0.146 e. The fourth-order valence-corrected chi connectivity index (χ4v) is 3.31. The smallest absolute Gasteiger partial charge is 0.146 e. The number of rotatable bonds is 2. The molecule has 1 saturated carbocycles. The van der Waals surface area contributed by atoms with Gasteiger partial charge in [-0.2, -0.15) is 0 Å². The summed E-state index contributed by atoms with van der Waals surface area (Å²) in [6, 6.07) is 0. The van der Waals surface area contributed by atoms with Crippen LogP contribution in [0.15, 0.2) is 4.90 Å². The Balaban J connectivity index is 2.06. The van der Waals surface area contributed by atoms with Gasteiger partial charge in [-0.25, -0.2) is 9.97 Å². The topological polar surface area (TPSA) is 54.9 Å². The molecule has 1 unspecified atom stereocenters. The number of anilines is 1. The molecule has 4 nitrogen and oxygen atoms in total. The normalized spacial score (nSPS) is 25.2. The second-order valence-electron chi connectivity index (χ2n) is 4.88. The quantitative estimate of drug-likeness (QED) is 0.845. The summed E-state index contributed by atoms with van der Waals surface area (Å²) in [7, 11) is -0.912. The van der Waals surface area contributed by atoms with E-state index < -0.39 is 10.8 Å². The Bertz CT molecular complexity index is 482. The summed E-state index contributed by atoms with van der Waals surface area (Å²) < 4.78 is 11.9. The number of hydrogen-bond donors (Lipinski definition) is 1. The fourth-order valence-electron chi connectivity index (χ4n) is 2.00. The van der Waals surface area contributed by atoms with Gasteiger partial charge in [-0.1, -0.05) is 0 Å². The van der Waals surface area contributed by atoms with Crippen molar-refractivity contribution in [2.24, 2.45) is 0 Å². The molecule has 1 fully saturated rings. The molecule has 1 N–H and O–H groups in total. The van der Waals surface area contributed by atoms with Gasteiger partial charge in [-0.3, -0.25) is 4.21 Å². The summed E-state index contributed by atoms with van der Waals surface area (Å²) in [6.45, 7) is 4.07. The van der Waals surface area contributed by atoms with Crippen LogP contribution in [0.1, 0.15) is 31.3 Å². The van der Waals surface area contributed by atoms with Gasteiger partial charge < -0.3 is 5.32 Å². The zero-order chi connectivity index (χ0) is 11.3. The first-order chi connectivity index (χ1) is 7.57.